The van der Waals surface area contributed by atoms with E-state index in [-0.39, 0.29) is 11.6 Å². The molecule has 1 aliphatic rings. The van der Waals surface area contributed by atoms with Crippen LogP contribution in [0.2, 0.25) is 0 Å². The van der Waals surface area contributed by atoms with Crippen molar-refractivity contribution >= 4 is 38.4 Å². The van der Waals surface area contributed by atoms with Crippen LogP contribution in [-0.4, -0.2) is 20.6 Å². The van der Waals surface area contributed by atoms with Gasteiger partial charge in [0.15, 0.2) is 0 Å². The number of fused-ring (bicyclic) bond motifs is 2. The maximum Gasteiger partial charge on any atom is 0.325 e. The number of rotatable bonds is 2. The third kappa shape index (κ3) is 3.52. The molecule has 3 aromatic rings. The van der Waals surface area contributed by atoms with E-state index in [9.17, 15) is 9.59 Å². The molecule has 7 nitrogen and oxygen atoms in total. The lowest BCUT2D eigenvalue weighted by atomic mass is 10.0. The Labute approximate surface area is 166 Å². The minimum absolute atomic E-state index is 0.00323. The number of hydrogen-bond acceptors (Lipinski definition) is 5. The zero-order chi connectivity index (χ0) is 19.8. The van der Waals surface area contributed by atoms with Crippen molar-refractivity contribution in [2.24, 2.45) is 5.92 Å². The van der Waals surface area contributed by atoms with E-state index in [1.54, 1.807) is 12.3 Å². The molecule has 0 saturated heterocycles. The second kappa shape index (κ2) is 7.35. The lowest BCUT2D eigenvalue weighted by Gasteiger charge is -2.08. The second-order valence-electron chi connectivity index (χ2n) is 7.45. The van der Waals surface area contributed by atoms with Crippen molar-refractivity contribution in [3.63, 3.8) is 0 Å². The van der Waals surface area contributed by atoms with Crippen LogP contribution in [0.25, 0.3) is 10.2 Å². The largest absolute Gasteiger partial charge is 0.325 e. The number of amides is 2. The van der Waals surface area contributed by atoms with E-state index in [0.29, 0.717) is 33.5 Å². The number of carbonyl (C=O) groups is 1. The zero-order valence-corrected chi connectivity index (χ0v) is 17.0. The van der Waals surface area contributed by atoms with Crippen LogP contribution in [0.3, 0.4) is 0 Å². The highest BCUT2D eigenvalue weighted by Crippen LogP contribution is 2.33. The summed E-state index contributed by atoms with van der Waals surface area (Å²) in [6.45, 7) is 6.71. The van der Waals surface area contributed by atoms with Crippen molar-refractivity contribution in [3.8, 4) is 0 Å². The molecule has 0 fully saturated rings. The first kappa shape index (κ1) is 18.6. The first-order valence-electron chi connectivity index (χ1n) is 9.46. The molecule has 0 aromatic carbocycles. The van der Waals surface area contributed by atoms with E-state index >= 15 is 0 Å². The molecule has 0 spiro atoms. The SMILES string of the molecule is Cc1ccc(NC(=O)Nc2sc3nc4n(c(=O)c3c2C)CCC(C)CC4)nc1. The van der Waals surface area contributed by atoms with Gasteiger partial charge in [0.05, 0.1) is 5.39 Å². The van der Waals surface area contributed by atoms with Crippen LogP contribution in [0.15, 0.2) is 23.1 Å². The van der Waals surface area contributed by atoms with Crippen molar-refractivity contribution < 1.29 is 4.79 Å². The summed E-state index contributed by atoms with van der Waals surface area (Å²) < 4.78 is 1.81. The molecular formula is C20H23N5O2S. The number of thiophene rings is 1. The monoisotopic (exact) mass is 397 g/mol. The van der Waals surface area contributed by atoms with Gasteiger partial charge in [-0.3, -0.25) is 20.0 Å². The molecule has 2 amide bonds. The van der Waals surface area contributed by atoms with Gasteiger partial charge in [-0.2, -0.15) is 0 Å². The van der Waals surface area contributed by atoms with Crippen LogP contribution in [-0.2, 0) is 13.0 Å². The smallest absolute Gasteiger partial charge is 0.299 e. The molecule has 146 valence electrons. The van der Waals surface area contributed by atoms with Gasteiger partial charge in [-0.15, -0.1) is 0 Å². The molecule has 1 unspecified atom stereocenters. The van der Waals surface area contributed by atoms with E-state index in [4.69, 9.17) is 4.98 Å². The molecule has 1 aliphatic heterocycles. The van der Waals surface area contributed by atoms with E-state index in [0.717, 1.165) is 36.2 Å². The van der Waals surface area contributed by atoms with Crippen molar-refractivity contribution in [2.45, 2.75) is 46.6 Å². The highest BCUT2D eigenvalue weighted by molar-refractivity contribution is 7.22. The summed E-state index contributed by atoms with van der Waals surface area (Å²) in [6, 6.07) is 3.24. The van der Waals surface area contributed by atoms with Gasteiger partial charge >= 0.3 is 6.03 Å². The molecule has 0 aliphatic carbocycles. The number of nitrogens with one attached hydrogen (secondary N) is 2. The van der Waals surface area contributed by atoms with Crippen molar-refractivity contribution in [2.75, 3.05) is 10.6 Å². The summed E-state index contributed by atoms with van der Waals surface area (Å²) in [5.41, 5.74) is 1.78. The van der Waals surface area contributed by atoms with Gasteiger partial charge in [-0.25, -0.2) is 14.8 Å². The third-order valence-electron chi connectivity index (χ3n) is 5.22. The lowest BCUT2D eigenvalue weighted by molar-refractivity contribution is 0.262. The Kier molecular flexibility index (Phi) is 4.89. The molecular weight excluding hydrogens is 374 g/mol. The average Bonchev–Trinajstić information content (AvgIpc) is 2.83. The number of urea groups is 1. The fourth-order valence-corrected chi connectivity index (χ4v) is 4.55. The van der Waals surface area contributed by atoms with E-state index in [1.165, 1.54) is 11.3 Å². The van der Waals surface area contributed by atoms with Gasteiger partial charge in [0.2, 0.25) is 0 Å². The first-order chi connectivity index (χ1) is 13.4. The molecule has 3 aromatic heterocycles. The van der Waals surface area contributed by atoms with Gasteiger partial charge in [0.25, 0.3) is 5.56 Å². The molecule has 0 bridgehead atoms. The predicted molar refractivity (Wildman–Crippen MR) is 112 cm³/mol. The number of aromatic nitrogens is 3. The number of pyridine rings is 1. The Morgan fingerprint density at radius 1 is 1.25 bits per heavy atom. The summed E-state index contributed by atoms with van der Waals surface area (Å²) >= 11 is 1.34. The van der Waals surface area contributed by atoms with Gasteiger partial charge in [-0.05, 0) is 49.8 Å². The van der Waals surface area contributed by atoms with Crippen molar-refractivity contribution in [1.29, 1.82) is 0 Å². The highest BCUT2D eigenvalue weighted by atomic mass is 32.1. The lowest BCUT2D eigenvalue weighted by Crippen LogP contribution is -2.24. The normalized spacial score (nSPS) is 16.5. The molecule has 4 rings (SSSR count). The Bertz CT molecular complexity index is 1100. The van der Waals surface area contributed by atoms with Gasteiger partial charge in [0, 0.05) is 19.2 Å². The van der Waals surface area contributed by atoms with Crippen molar-refractivity contribution in [1.82, 2.24) is 14.5 Å². The number of carbonyl (C=O) groups excluding carboxylic acids is 1. The predicted octanol–water partition coefficient (Wildman–Crippen LogP) is 4.09. The van der Waals surface area contributed by atoms with Gasteiger partial charge in [0.1, 0.15) is 21.5 Å². The molecule has 4 heterocycles. The average molecular weight is 398 g/mol. The summed E-state index contributed by atoms with van der Waals surface area (Å²) in [4.78, 5) is 35.0. The van der Waals surface area contributed by atoms with Crippen LogP contribution in [0.4, 0.5) is 15.6 Å². The Morgan fingerprint density at radius 2 is 2.07 bits per heavy atom. The van der Waals surface area contributed by atoms with Crippen LogP contribution >= 0.6 is 11.3 Å². The van der Waals surface area contributed by atoms with Gasteiger partial charge < -0.3 is 0 Å². The fourth-order valence-electron chi connectivity index (χ4n) is 3.46. The number of anilines is 2. The number of hydrogen-bond donors (Lipinski definition) is 2. The molecule has 0 saturated carbocycles. The third-order valence-corrected chi connectivity index (χ3v) is 6.32. The standard InChI is InChI=1S/C20H23N5O2S/c1-11-5-7-15-23-18-16(19(26)25(15)9-8-11)13(3)17(28-18)24-20(27)22-14-6-4-12(2)10-21-14/h4,6,10-11H,5,7-9H2,1-3H3,(H2,21,22,24,27). The summed E-state index contributed by atoms with van der Waals surface area (Å²) in [6.07, 6.45) is 4.53. The highest BCUT2D eigenvalue weighted by Gasteiger charge is 2.21. The summed E-state index contributed by atoms with van der Waals surface area (Å²) in [7, 11) is 0. The van der Waals surface area contributed by atoms with Gasteiger partial charge in [-0.1, -0.05) is 24.3 Å². The number of aryl methyl sites for hydroxylation is 3. The minimum Gasteiger partial charge on any atom is -0.299 e. The fraction of sp³-hybridized carbons (Fsp3) is 0.400. The Morgan fingerprint density at radius 3 is 2.82 bits per heavy atom. The van der Waals surface area contributed by atoms with E-state index in [1.807, 2.05) is 24.5 Å². The summed E-state index contributed by atoms with van der Waals surface area (Å²) in [5, 5.41) is 6.80. The molecule has 0 radical (unpaired) electrons. The van der Waals surface area contributed by atoms with E-state index in [2.05, 4.69) is 22.5 Å². The quantitative estimate of drug-likeness (QED) is 0.682. The second-order valence-corrected chi connectivity index (χ2v) is 8.45. The molecule has 28 heavy (non-hydrogen) atoms. The topological polar surface area (TPSA) is 88.9 Å². The first-order valence-corrected chi connectivity index (χ1v) is 10.3. The maximum atomic E-state index is 13.1. The zero-order valence-electron chi connectivity index (χ0n) is 16.2. The van der Waals surface area contributed by atoms with Crippen molar-refractivity contribution in [3.05, 3.63) is 45.6 Å². The maximum absolute atomic E-state index is 13.1. The molecule has 8 heteroatoms. The number of nitrogens with zero attached hydrogens (tertiary/aromatic N) is 3. The van der Waals surface area contributed by atoms with Crippen LogP contribution in [0.5, 0.6) is 0 Å². The van der Waals surface area contributed by atoms with Crippen LogP contribution in [0, 0.1) is 19.8 Å². The Balaban J connectivity index is 1.63. The Hall–Kier alpha value is -2.74. The van der Waals surface area contributed by atoms with E-state index < -0.39 is 0 Å². The van der Waals surface area contributed by atoms with Crippen LogP contribution in [0.1, 0.15) is 36.7 Å². The minimum atomic E-state index is -0.388. The molecule has 2 N–H and O–H groups in total. The molecule has 1 atom stereocenters. The summed E-state index contributed by atoms with van der Waals surface area (Å²) in [5.74, 6) is 1.92. The van der Waals surface area contributed by atoms with Crippen LogP contribution < -0.4 is 16.2 Å².